The molecule has 1 aromatic heterocycles. The fraction of sp³-hybridized carbons (Fsp3) is 0.750. The monoisotopic (exact) mass is 395 g/mol. The van der Waals surface area contributed by atoms with Gasteiger partial charge in [0.25, 0.3) is 0 Å². The lowest BCUT2D eigenvalue weighted by molar-refractivity contribution is 0.0683. The van der Waals surface area contributed by atoms with Crippen LogP contribution in [0.15, 0.2) is 9.52 Å². The molecule has 8 heteroatoms. The van der Waals surface area contributed by atoms with Crippen LogP contribution in [0.4, 0.5) is 0 Å². The molecule has 1 unspecified atom stereocenters. The van der Waals surface area contributed by atoms with Gasteiger partial charge in [-0.05, 0) is 26.7 Å². The lowest BCUT2D eigenvalue weighted by atomic mass is 10.4. The summed E-state index contributed by atoms with van der Waals surface area (Å²) in [6.07, 6.45) is 2.26. The van der Waals surface area contributed by atoms with Gasteiger partial charge >= 0.3 is 0 Å². The van der Waals surface area contributed by atoms with E-state index < -0.39 is 0 Å². The van der Waals surface area contributed by atoms with Gasteiger partial charge in [0.2, 0.25) is 5.89 Å². The third-order valence-corrected chi connectivity index (χ3v) is 2.81. The van der Waals surface area contributed by atoms with Crippen LogP contribution in [0.2, 0.25) is 0 Å². The minimum absolute atomic E-state index is 0. The van der Waals surface area contributed by atoms with Crippen molar-refractivity contribution in [2.45, 2.75) is 45.4 Å². The number of halogens is 1. The van der Waals surface area contributed by atoms with Gasteiger partial charge in [0.05, 0.1) is 6.54 Å². The molecular formula is C12H22IN5O2. The van der Waals surface area contributed by atoms with Crippen LogP contribution in [0.1, 0.15) is 44.5 Å². The van der Waals surface area contributed by atoms with Crippen molar-refractivity contribution in [1.82, 2.24) is 20.8 Å². The summed E-state index contributed by atoms with van der Waals surface area (Å²) in [5.74, 6) is 1.86. The molecule has 2 rings (SSSR count). The largest absolute Gasteiger partial charge is 0.371 e. The van der Waals surface area contributed by atoms with E-state index in [4.69, 9.17) is 9.26 Å². The molecule has 1 saturated carbocycles. The lowest BCUT2D eigenvalue weighted by Gasteiger charge is -2.08. The van der Waals surface area contributed by atoms with Crippen molar-refractivity contribution in [3.05, 3.63) is 11.7 Å². The number of hydrogen-bond donors (Lipinski definition) is 2. The van der Waals surface area contributed by atoms with Crippen LogP contribution in [0.5, 0.6) is 0 Å². The van der Waals surface area contributed by atoms with E-state index in [0.29, 0.717) is 30.9 Å². The Morgan fingerprint density at radius 2 is 2.30 bits per heavy atom. The zero-order valence-corrected chi connectivity index (χ0v) is 14.4. The summed E-state index contributed by atoms with van der Waals surface area (Å²) in [6.45, 7) is 4.92. The van der Waals surface area contributed by atoms with Crippen LogP contribution in [-0.4, -0.2) is 35.8 Å². The maximum absolute atomic E-state index is 5.41. The van der Waals surface area contributed by atoms with Crippen molar-refractivity contribution >= 4 is 29.9 Å². The second kappa shape index (κ2) is 8.40. The Hall–Kier alpha value is -0.900. The van der Waals surface area contributed by atoms with Gasteiger partial charge in [0.15, 0.2) is 11.8 Å². The zero-order chi connectivity index (χ0) is 13.7. The van der Waals surface area contributed by atoms with Gasteiger partial charge in [-0.3, -0.25) is 4.99 Å². The van der Waals surface area contributed by atoms with E-state index >= 15 is 0 Å². The van der Waals surface area contributed by atoms with Crippen molar-refractivity contribution in [2.24, 2.45) is 4.99 Å². The average Bonchev–Trinajstić information content (AvgIpc) is 3.10. The molecular weight excluding hydrogens is 373 g/mol. The Labute approximate surface area is 136 Å². The van der Waals surface area contributed by atoms with Crippen molar-refractivity contribution in [2.75, 3.05) is 13.7 Å². The Balaban J connectivity index is 0.00000200. The van der Waals surface area contributed by atoms with Gasteiger partial charge in [0.1, 0.15) is 6.10 Å². The fourth-order valence-electron chi connectivity index (χ4n) is 1.60. The number of aromatic nitrogens is 2. The zero-order valence-electron chi connectivity index (χ0n) is 12.0. The van der Waals surface area contributed by atoms with Gasteiger partial charge in [-0.25, -0.2) is 0 Å². The second-order valence-corrected chi connectivity index (χ2v) is 4.49. The van der Waals surface area contributed by atoms with Gasteiger partial charge in [-0.2, -0.15) is 4.98 Å². The molecule has 0 aliphatic heterocycles. The molecule has 7 nitrogen and oxygen atoms in total. The Morgan fingerprint density at radius 1 is 1.55 bits per heavy atom. The predicted molar refractivity (Wildman–Crippen MR) is 86.1 cm³/mol. The Bertz CT molecular complexity index is 433. The number of rotatable bonds is 6. The van der Waals surface area contributed by atoms with Gasteiger partial charge < -0.3 is 19.9 Å². The summed E-state index contributed by atoms with van der Waals surface area (Å²) in [5.41, 5.74) is 0. The number of ether oxygens (including phenoxy) is 1. The van der Waals surface area contributed by atoms with Crippen LogP contribution >= 0.6 is 24.0 Å². The first-order valence-corrected chi connectivity index (χ1v) is 6.64. The molecule has 2 N–H and O–H groups in total. The molecule has 1 aliphatic carbocycles. The van der Waals surface area contributed by atoms with Crippen LogP contribution < -0.4 is 10.6 Å². The normalized spacial score (nSPS) is 16.4. The molecule has 1 fully saturated rings. The maximum Gasteiger partial charge on any atom is 0.246 e. The highest BCUT2D eigenvalue weighted by atomic mass is 127. The third-order valence-electron chi connectivity index (χ3n) is 2.81. The quantitative estimate of drug-likeness (QED) is 0.433. The summed E-state index contributed by atoms with van der Waals surface area (Å²) in [5, 5.41) is 10.3. The van der Waals surface area contributed by atoms with Crippen LogP contribution in [0.3, 0.4) is 0 Å². The molecule has 0 saturated heterocycles. The van der Waals surface area contributed by atoms with E-state index in [9.17, 15) is 0 Å². The van der Waals surface area contributed by atoms with Crippen LogP contribution in [0.25, 0.3) is 0 Å². The molecule has 0 aromatic carbocycles. The highest BCUT2D eigenvalue weighted by molar-refractivity contribution is 14.0. The highest BCUT2D eigenvalue weighted by Crippen LogP contribution is 2.18. The van der Waals surface area contributed by atoms with Gasteiger partial charge in [0, 0.05) is 19.7 Å². The lowest BCUT2D eigenvalue weighted by Crippen LogP contribution is -2.38. The summed E-state index contributed by atoms with van der Waals surface area (Å²) in [7, 11) is 1.74. The minimum Gasteiger partial charge on any atom is -0.371 e. The average molecular weight is 395 g/mol. The molecule has 1 aliphatic rings. The molecule has 114 valence electrons. The molecule has 0 radical (unpaired) electrons. The fourth-order valence-corrected chi connectivity index (χ4v) is 1.60. The standard InChI is InChI=1S/C12H21N5O2.HI/c1-4-18-8(2)11-16-10(19-17-11)7-14-12(13-3)15-9-5-6-9;/h8-9H,4-7H2,1-3H3,(H2,13,14,15);1H. The number of guanidine groups is 1. The number of nitrogens with one attached hydrogen (secondary N) is 2. The molecule has 0 spiro atoms. The maximum atomic E-state index is 5.41. The summed E-state index contributed by atoms with van der Waals surface area (Å²) in [4.78, 5) is 8.42. The van der Waals surface area contributed by atoms with E-state index in [1.54, 1.807) is 7.05 Å². The summed E-state index contributed by atoms with van der Waals surface area (Å²) in [6, 6.07) is 0.558. The molecule has 1 atom stereocenters. The molecule has 1 aromatic rings. The molecule has 20 heavy (non-hydrogen) atoms. The highest BCUT2D eigenvalue weighted by Gasteiger charge is 2.22. The predicted octanol–water partition coefficient (Wildman–Crippen LogP) is 1.61. The summed E-state index contributed by atoms with van der Waals surface area (Å²) >= 11 is 0. The Kier molecular flexibility index (Phi) is 7.20. The smallest absolute Gasteiger partial charge is 0.246 e. The van der Waals surface area contributed by atoms with Gasteiger partial charge in [-0.15, -0.1) is 24.0 Å². The molecule has 1 heterocycles. The first-order valence-electron chi connectivity index (χ1n) is 6.64. The van der Waals surface area contributed by atoms with Crippen LogP contribution in [0, 0.1) is 0 Å². The first-order chi connectivity index (χ1) is 9.22. The van der Waals surface area contributed by atoms with Crippen molar-refractivity contribution in [3.8, 4) is 0 Å². The number of aliphatic imine (C=N–C) groups is 1. The topological polar surface area (TPSA) is 84.6 Å². The van der Waals surface area contributed by atoms with Crippen molar-refractivity contribution in [3.63, 3.8) is 0 Å². The number of nitrogens with zero attached hydrogens (tertiary/aromatic N) is 3. The molecule has 0 bridgehead atoms. The third kappa shape index (κ3) is 5.23. The van der Waals surface area contributed by atoms with E-state index in [0.717, 1.165) is 5.96 Å². The van der Waals surface area contributed by atoms with E-state index in [1.807, 2.05) is 13.8 Å². The van der Waals surface area contributed by atoms with Crippen molar-refractivity contribution < 1.29 is 9.26 Å². The Morgan fingerprint density at radius 3 is 2.90 bits per heavy atom. The van der Waals surface area contributed by atoms with E-state index in [1.165, 1.54) is 12.8 Å². The molecule has 0 amide bonds. The first kappa shape index (κ1) is 17.2. The number of hydrogen-bond acceptors (Lipinski definition) is 5. The SMILES string of the molecule is CCOC(C)c1noc(CNC(=NC)NC2CC2)n1.I. The van der Waals surface area contributed by atoms with Gasteiger partial charge in [-0.1, -0.05) is 5.16 Å². The van der Waals surface area contributed by atoms with E-state index in [2.05, 4.69) is 25.8 Å². The van der Waals surface area contributed by atoms with Crippen LogP contribution in [-0.2, 0) is 11.3 Å². The summed E-state index contributed by atoms with van der Waals surface area (Å²) < 4.78 is 10.6. The minimum atomic E-state index is -0.147. The van der Waals surface area contributed by atoms with E-state index in [-0.39, 0.29) is 30.1 Å². The van der Waals surface area contributed by atoms with Crippen molar-refractivity contribution in [1.29, 1.82) is 0 Å². The second-order valence-electron chi connectivity index (χ2n) is 4.49.